The average Bonchev–Trinajstić information content (AvgIpc) is 3.33. The highest BCUT2D eigenvalue weighted by atomic mass is 16.5. The third-order valence-electron chi connectivity index (χ3n) is 3.71. The van der Waals surface area contributed by atoms with E-state index in [4.69, 9.17) is 14.6 Å². The van der Waals surface area contributed by atoms with Gasteiger partial charge in [-0.2, -0.15) is 0 Å². The summed E-state index contributed by atoms with van der Waals surface area (Å²) in [5, 5.41) is 12.2. The van der Waals surface area contributed by atoms with Gasteiger partial charge >= 0.3 is 0 Å². The first-order valence-corrected chi connectivity index (χ1v) is 7.97. The van der Waals surface area contributed by atoms with Crippen molar-refractivity contribution in [1.29, 1.82) is 0 Å². The zero-order chi connectivity index (χ0) is 14.9. The van der Waals surface area contributed by atoms with Crippen molar-refractivity contribution in [3.63, 3.8) is 0 Å². The zero-order valence-corrected chi connectivity index (χ0v) is 12.9. The minimum atomic E-state index is 0.282. The summed E-state index contributed by atoms with van der Waals surface area (Å²) in [5.74, 6) is 1.62. The lowest BCUT2D eigenvalue weighted by atomic mass is 10.2. The Bertz CT molecular complexity index is 418. The van der Waals surface area contributed by atoms with E-state index in [2.05, 4.69) is 17.4 Å². The van der Waals surface area contributed by atoms with Gasteiger partial charge in [0.2, 0.25) is 0 Å². The number of hydrogen-bond donors (Lipinski definition) is 2. The summed E-state index contributed by atoms with van der Waals surface area (Å²) in [4.78, 5) is 0. The zero-order valence-electron chi connectivity index (χ0n) is 12.9. The van der Waals surface area contributed by atoms with Crippen LogP contribution in [0, 0.1) is 0 Å². The molecule has 4 heteroatoms. The number of hydrogen-bond acceptors (Lipinski definition) is 4. The average molecular weight is 293 g/mol. The molecule has 1 aromatic rings. The van der Waals surface area contributed by atoms with E-state index in [0.717, 1.165) is 43.7 Å². The lowest BCUT2D eigenvalue weighted by Crippen LogP contribution is -2.15. The molecule has 0 heterocycles. The number of aliphatic hydroxyl groups excluding tert-OH is 1. The highest BCUT2D eigenvalue weighted by molar-refractivity contribution is 5.43. The van der Waals surface area contributed by atoms with E-state index in [1.54, 1.807) is 7.11 Å². The van der Waals surface area contributed by atoms with E-state index < -0.39 is 0 Å². The lowest BCUT2D eigenvalue weighted by Gasteiger charge is -2.12. The van der Waals surface area contributed by atoms with E-state index in [1.165, 1.54) is 18.4 Å². The molecule has 1 aromatic carbocycles. The van der Waals surface area contributed by atoms with E-state index >= 15 is 0 Å². The molecule has 0 spiro atoms. The fraction of sp³-hybridized carbons (Fsp3) is 0.647. The summed E-state index contributed by atoms with van der Waals surface area (Å²) >= 11 is 0. The van der Waals surface area contributed by atoms with Crippen molar-refractivity contribution >= 4 is 0 Å². The molecule has 21 heavy (non-hydrogen) atoms. The van der Waals surface area contributed by atoms with Crippen LogP contribution < -0.4 is 14.8 Å². The van der Waals surface area contributed by atoms with Crippen LogP contribution in [0.15, 0.2) is 18.2 Å². The van der Waals surface area contributed by atoms with E-state index in [9.17, 15) is 0 Å². The first kappa shape index (κ1) is 16.1. The molecule has 1 fully saturated rings. The van der Waals surface area contributed by atoms with Gasteiger partial charge in [-0.3, -0.25) is 0 Å². The van der Waals surface area contributed by atoms with Crippen LogP contribution in [0.1, 0.15) is 44.1 Å². The summed E-state index contributed by atoms with van der Waals surface area (Å²) in [6.45, 7) is 1.87. The second-order valence-corrected chi connectivity index (χ2v) is 5.63. The molecule has 1 aliphatic carbocycles. The van der Waals surface area contributed by atoms with Gasteiger partial charge in [0.15, 0.2) is 11.5 Å². The molecule has 0 amide bonds. The number of methoxy groups -OCH3 is 1. The maximum absolute atomic E-state index is 8.74. The number of unbranched alkanes of at least 4 members (excludes halogenated alkanes) is 3. The van der Waals surface area contributed by atoms with Gasteiger partial charge in [0.25, 0.3) is 0 Å². The molecule has 0 aliphatic heterocycles. The predicted octanol–water partition coefficient (Wildman–Crippen LogP) is 2.88. The molecule has 0 radical (unpaired) electrons. The van der Waals surface area contributed by atoms with Crippen LogP contribution in [0.5, 0.6) is 11.5 Å². The Balaban J connectivity index is 1.78. The van der Waals surface area contributed by atoms with Crippen LogP contribution in [0.4, 0.5) is 0 Å². The maximum atomic E-state index is 8.74. The van der Waals surface area contributed by atoms with Gasteiger partial charge in [-0.1, -0.05) is 12.5 Å². The summed E-state index contributed by atoms with van der Waals surface area (Å²) in [6, 6.07) is 6.85. The number of nitrogens with one attached hydrogen (secondary N) is 1. The first-order valence-electron chi connectivity index (χ1n) is 7.97. The summed E-state index contributed by atoms with van der Waals surface area (Å²) in [7, 11) is 1.67. The topological polar surface area (TPSA) is 50.7 Å². The van der Waals surface area contributed by atoms with Gasteiger partial charge in [-0.15, -0.1) is 0 Å². The standard InChI is InChI=1S/C17H27NO3/c1-20-16-9-6-14(13-18-15-7-8-15)12-17(16)21-11-5-3-2-4-10-19/h6,9,12,15,18-19H,2-5,7-8,10-11,13H2,1H3. The van der Waals surface area contributed by atoms with E-state index in [0.29, 0.717) is 12.6 Å². The van der Waals surface area contributed by atoms with Crippen LogP contribution >= 0.6 is 0 Å². The van der Waals surface area contributed by atoms with Gasteiger partial charge in [-0.25, -0.2) is 0 Å². The van der Waals surface area contributed by atoms with Gasteiger partial charge in [-0.05, 0) is 49.8 Å². The monoisotopic (exact) mass is 293 g/mol. The minimum Gasteiger partial charge on any atom is -0.493 e. The third kappa shape index (κ3) is 5.94. The smallest absolute Gasteiger partial charge is 0.161 e. The highest BCUT2D eigenvalue weighted by Crippen LogP contribution is 2.29. The van der Waals surface area contributed by atoms with Gasteiger partial charge in [0.05, 0.1) is 13.7 Å². The molecule has 118 valence electrons. The second-order valence-electron chi connectivity index (χ2n) is 5.63. The molecule has 1 aliphatic rings. The SMILES string of the molecule is COc1ccc(CNC2CC2)cc1OCCCCCCO. The molecule has 2 N–H and O–H groups in total. The van der Waals surface area contributed by atoms with Crippen LogP contribution in [-0.4, -0.2) is 31.5 Å². The minimum absolute atomic E-state index is 0.282. The van der Waals surface area contributed by atoms with Crippen LogP contribution in [0.3, 0.4) is 0 Å². The van der Waals surface area contributed by atoms with Crippen LogP contribution in [-0.2, 0) is 6.54 Å². The fourth-order valence-electron chi connectivity index (χ4n) is 2.24. The molecular weight excluding hydrogens is 266 g/mol. The Hall–Kier alpha value is -1.26. The van der Waals surface area contributed by atoms with Gasteiger partial charge in [0, 0.05) is 19.2 Å². The number of aliphatic hydroxyl groups is 1. The van der Waals surface area contributed by atoms with Crippen molar-refractivity contribution in [3.05, 3.63) is 23.8 Å². The third-order valence-corrected chi connectivity index (χ3v) is 3.71. The Morgan fingerprint density at radius 1 is 1.14 bits per heavy atom. The Labute approximate surface area is 127 Å². The molecule has 1 saturated carbocycles. The molecule has 0 unspecified atom stereocenters. The first-order chi connectivity index (χ1) is 10.3. The molecule has 0 bridgehead atoms. The molecule has 2 rings (SSSR count). The van der Waals surface area contributed by atoms with Crippen molar-refractivity contribution in [2.75, 3.05) is 20.3 Å². The van der Waals surface area contributed by atoms with Crippen molar-refractivity contribution in [3.8, 4) is 11.5 Å². The molecule has 0 saturated heterocycles. The number of rotatable bonds is 11. The van der Waals surface area contributed by atoms with E-state index in [1.807, 2.05) is 6.07 Å². The quantitative estimate of drug-likeness (QED) is 0.616. The normalized spacial score (nSPS) is 14.2. The predicted molar refractivity (Wildman–Crippen MR) is 83.9 cm³/mol. The van der Waals surface area contributed by atoms with Crippen LogP contribution in [0.2, 0.25) is 0 Å². The van der Waals surface area contributed by atoms with Crippen molar-refractivity contribution in [2.24, 2.45) is 0 Å². The van der Waals surface area contributed by atoms with E-state index in [-0.39, 0.29) is 6.61 Å². The number of benzene rings is 1. The summed E-state index contributed by atoms with van der Waals surface area (Å²) in [5.41, 5.74) is 1.23. The van der Waals surface area contributed by atoms with Crippen molar-refractivity contribution in [1.82, 2.24) is 5.32 Å². The highest BCUT2D eigenvalue weighted by Gasteiger charge is 2.20. The summed E-state index contributed by atoms with van der Waals surface area (Å²) < 4.78 is 11.2. The Morgan fingerprint density at radius 2 is 1.95 bits per heavy atom. The molecule has 0 aromatic heterocycles. The molecule has 4 nitrogen and oxygen atoms in total. The van der Waals surface area contributed by atoms with Crippen LogP contribution in [0.25, 0.3) is 0 Å². The summed E-state index contributed by atoms with van der Waals surface area (Å²) in [6.07, 6.45) is 6.63. The Kier molecular flexibility index (Phi) is 6.83. The fourth-order valence-corrected chi connectivity index (χ4v) is 2.24. The number of ether oxygens (including phenoxy) is 2. The van der Waals surface area contributed by atoms with Crippen molar-refractivity contribution in [2.45, 2.75) is 51.1 Å². The molecular formula is C17H27NO3. The van der Waals surface area contributed by atoms with Gasteiger partial charge < -0.3 is 19.9 Å². The van der Waals surface area contributed by atoms with Gasteiger partial charge in [0.1, 0.15) is 0 Å². The van der Waals surface area contributed by atoms with Crippen molar-refractivity contribution < 1.29 is 14.6 Å². The lowest BCUT2D eigenvalue weighted by molar-refractivity contribution is 0.268. The second kappa shape index (κ2) is 8.90. The molecule has 0 atom stereocenters. The largest absolute Gasteiger partial charge is 0.493 e. The Morgan fingerprint density at radius 3 is 2.67 bits per heavy atom. The maximum Gasteiger partial charge on any atom is 0.161 e.